The third-order valence-corrected chi connectivity index (χ3v) is 4.83. The molecule has 1 N–H and O–H groups in total. The van der Waals surface area contributed by atoms with E-state index in [0.29, 0.717) is 38.4 Å². The monoisotopic (exact) mass is 342 g/mol. The maximum Gasteiger partial charge on any atom is 0.224 e. The van der Waals surface area contributed by atoms with Crippen molar-refractivity contribution in [2.45, 2.75) is 25.7 Å². The highest BCUT2D eigenvalue weighted by atomic mass is 16.2. The maximum atomic E-state index is 12.3. The first-order chi connectivity index (χ1) is 12.2. The number of pyridine rings is 1. The van der Waals surface area contributed by atoms with Gasteiger partial charge < -0.3 is 15.1 Å². The second-order valence-electron chi connectivity index (χ2n) is 6.63. The van der Waals surface area contributed by atoms with Crippen LogP contribution in [0.3, 0.4) is 0 Å². The quantitative estimate of drug-likeness (QED) is 0.798. The van der Waals surface area contributed by atoms with E-state index in [2.05, 4.69) is 27.4 Å². The molecule has 134 valence electrons. The van der Waals surface area contributed by atoms with Gasteiger partial charge in [-0.05, 0) is 30.9 Å². The van der Waals surface area contributed by atoms with Crippen LogP contribution in [0.15, 0.2) is 36.5 Å². The number of carbonyl (C=O) groups excluding carboxylic acids is 2. The zero-order chi connectivity index (χ0) is 17.5. The lowest BCUT2D eigenvalue weighted by molar-refractivity contribution is -0.131. The molecule has 1 fully saturated rings. The molecule has 2 amide bonds. The topological polar surface area (TPSA) is 65.5 Å². The number of aromatic nitrogens is 1. The molecule has 0 aromatic carbocycles. The average Bonchev–Trinajstić information content (AvgIpc) is 3.15. The van der Waals surface area contributed by atoms with Crippen LogP contribution < -0.4 is 10.2 Å². The molecule has 1 atom stereocenters. The smallest absolute Gasteiger partial charge is 0.224 e. The Labute approximate surface area is 148 Å². The van der Waals surface area contributed by atoms with Gasteiger partial charge in [0.2, 0.25) is 11.8 Å². The third kappa shape index (κ3) is 5.05. The normalized spacial score (nSPS) is 19.9. The van der Waals surface area contributed by atoms with E-state index in [-0.39, 0.29) is 11.8 Å². The van der Waals surface area contributed by atoms with E-state index >= 15 is 0 Å². The van der Waals surface area contributed by atoms with E-state index in [4.69, 9.17) is 0 Å². The van der Waals surface area contributed by atoms with Gasteiger partial charge in [-0.3, -0.25) is 9.59 Å². The Bertz CT molecular complexity index is 609. The van der Waals surface area contributed by atoms with Crippen LogP contribution in [0.25, 0.3) is 0 Å². The highest BCUT2D eigenvalue weighted by molar-refractivity contribution is 5.79. The number of nitrogens with zero attached hydrogens (tertiary/aromatic N) is 3. The van der Waals surface area contributed by atoms with Crippen molar-refractivity contribution >= 4 is 17.6 Å². The molecule has 1 aromatic heterocycles. The van der Waals surface area contributed by atoms with Crippen molar-refractivity contribution in [1.29, 1.82) is 0 Å². The molecule has 0 saturated carbocycles. The van der Waals surface area contributed by atoms with Gasteiger partial charge in [0.15, 0.2) is 0 Å². The van der Waals surface area contributed by atoms with Crippen molar-refractivity contribution < 1.29 is 9.59 Å². The molecular formula is C19H26N4O2. The van der Waals surface area contributed by atoms with Crippen LogP contribution in [0.1, 0.15) is 25.7 Å². The van der Waals surface area contributed by atoms with Crippen LogP contribution in [-0.2, 0) is 9.59 Å². The first-order valence-corrected chi connectivity index (χ1v) is 9.09. The summed E-state index contributed by atoms with van der Waals surface area (Å²) in [6, 6.07) is 5.87. The minimum Gasteiger partial charge on any atom is -0.356 e. The molecular weight excluding hydrogens is 316 g/mol. The Hall–Kier alpha value is -2.37. The number of amides is 2. The number of hydrogen-bond acceptors (Lipinski definition) is 4. The maximum absolute atomic E-state index is 12.3. The molecule has 1 aliphatic carbocycles. The fourth-order valence-electron chi connectivity index (χ4n) is 3.37. The lowest BCUT2D eigenvalue weighted by atomic mass is 10.1. The molecule has 1 aromatic rings. The fourth-order valence-corrected chi connectivity index (χ4v) is 3.37. The van der Waals surface area contributed by atoms with Gasteiger partial charge in [0.1, 0.15) is 5.82 Å². The van der Waals surface area contributed by atoms with Crippen molar-refractivity contribution in [3.05, 3.63) is 36.5 Å². The van der Waals surface area contributed by atoms with Crippen molar-refractivity contribution in [1.82, 2.24) is 15.2 Å². The van der Waals surface area contributed by atoms with Crippen LogP contribution in [0.5, 0.6) is 0 Å². The number of allylic oxidation sites excluding steroid dienone is 2. The summed E-state index contributed by atoms with van der Waals surface area (Å²) in [7, 11) is 0. The van der Waals surface area contributed by atoms with Gasteiger partial charge in [0, 0.05) is 51.8 Å². The minimum atomic E-state index is 0.0457. The number of carbonyl (C=O) groups is 2. The highest BCUT2D eigenvalue weighted by Gasteiger charge is 2.21. The summed E-state index contributed by atoms with van der Waals surface area (Å²) in [6.45, 7) is 3.42. The van der Waals surface area contributed by atoms with Gasteiger partial charge in [-0.2, -0.15) is 0 Å². The minimum absolute atomic E-state index is 0.0457. The molecule has 0 radical (unpaired) electrons. The van der Waals surface area contributed by atoms with E-state index < -0.39 is 0 Å². The number of nitrogens with one attached hydrogen (secondary N) is 1. The largest absolute Gasteiger partial charge is 0.356 e. The lowest BCUT2D eigenvalue weighted by Gasteiger charge is -2.35. The van der Waals surface area contributed by atoms with E-state index in [9.17, 15) is 9.59 Å². The number of rotatable bonds is 6. The molecule has 25 heavy (non-hydrogen) atoms. The molecule has 3 rings (SSSR count). The fraction of sp³-hybridized carbons (Fsp3) is 0.526. The predicted molar refractivity (Wildman–Crippen MR) is 97.1 cm³/mol. The van der Waals surface area contributed by atoms with Gasteiger partial charge in [-0.15, -0.1) is 0 Å². The van der Waals surface area contributed by atoms with Crippen molar-refractivity contribution in [2.24, 2.45) is 5.92 Å². The Morgan fingerprint density at radius 2 is 2.04 bits per heavy atom. The SMILES string of the molecule is O=C(C[C@@H]1C=CCC1)NCCC(=O)N1CCN(c2ccccn2)CC1. The van der Waals surface area contributed by atoms with Gasteiger partial charge in [0.25, 0.3) is 0 Å². The molecule has 0 unspecified atom stereocenters. The first kappa shape index (κ1) is 17.5. The Balaban J connectivity index is 1.34. The van der Waals surface area contributed by atoms with E-state index in [1.54, 1.807) is 6.20 Å². The second-order valence-corrected chi connectivity index (χ2v) is 6.63. The van der Waals surface area contributed by atoms with Gasteiger partial charge >= 0.3 is 0 Å². The standard InChI is InChI=1S/C19H26N4O2/c24-18(15-16-5-1-2-6-16)21-10-8-19(25)23-13-11-22(12-14-23)17-7-3-4-9-20-17/h1,3-5,7,9,16H,2,6,8,10-15H2,(H,21,24)/t16-/m1/s1. The van der Waals surface area contributed by atoms with Crippen molar-refractivity contribution in [3.8, 4) is 0 Å². The predicted octanol–water partition coefficient (Wildman–Crippen LogP) is 1.59. The third-order valence-electron chi connectivity index (χ3n) is 4.83. The Kier molecular flexibility index (Phi) is 6.04. The number of anilines is 1. The summed E-state index contributed by atoms with van der Waals surface area (Å²) in [5.41, 5.74) is 0. The summed E-state index contributed by atoms with van der Waals surface area (Å²) in [5, 5.41) is 2.87. The van der Waals surface area contributed by atoms with Crippen LogP contribution in [0.2, 0.25) is 0 Å². The van der Waals surface area contributed by atoms with Crippen LogP contribution in [-0.4, -0.2) is 54.4 Å². The highest BCUT2D eigenvalue weighted by Crippen LogP contribution is 2.20. The summed E-state index contributed by atoms with van der Waals surface area (Å²) < 4.78 is 0. The van der Waals surface area contributed by atoms with E-state index in [1.165, 1.54) is 0 Å². The molecule has 1 aliphatic heterocycles. The van der Waals surface area contributed by atoms with E-state index in [0.717, 1.165) is 31.7 Å². The molecule has 2 aliphatic rings. The molecule has 6 nitrogen and oxygen atoms in total. The van der Waals surface area contributed by atoms with Crippen molar-refractivity contribution in [3.63, 3.8) is 0 Å². The van der Waals surface area contributed by atoms with Crippen LogP contribution >= 0.6 is 0 Å². The molecule has 1 saturated heterocycles. The Morgan fingerprint density at radius 1 is 1.20 bits per heavy atom. The summed E-state index contributed by atoms with van der Waals surface area (Å²) in [5.74, 6) is 1.49. The summed E-state index contributed by atoms with van der Waals surface area (Å²) in [6.07, 6.45) is 9.08. The number of piperazine rings is 1. The van der Waals surface area contributed by atoms with Crippen molar-refractivity contribution in [2.75, 3.05) is 37.6 Å². The Morgan fingerprint density at radius 3 is 2.72 bits per heavy atom. The lowest BCUT2D eigenvalue weighted by Crippen LogP contribution is -2.49. The molecule has 6 heteroatoms. The summed E-state index contributed by atoms with van der Waals surface area (Å²) >= 11 is 0. The second kappa shape index (κ2) is 8.65. The molecule has 0 spiro atoms. The van der Waals surface area contributed by atoms with Crippen LogP contribution in [0.4, 0.5) is 5.82 Å². The zero-order valence-corrected chi connectivity index (χ0v) is 14.6. The summed E-state index contributed by atoms with van der Waals surface area (Å²) in [4.78, 5) is 32.6. The van der Waals surface area contributed by atoms with Gasteiger partial charge in [-0.25, -0.2) is 4.98 Å². The number of hydrogen-bond donors (Lipinski definition) is 1. The van der Waals surface area contributed by atoms with Crippen LogP contribution in [0, 0.1) is 5.92 Å². The van der Waals surface area contributed by atoms with Gasteiger partial charge in [-0.1, -0.05) is 18.2 Å². The first-order valence-electron chi connectivity index (χ1n) is 9.09. The molecule has 2 heterocycles. The van der Waals surface area contributed by atoms with Gasteiger partial charge in [0.05, 0.1) is 0 Å². The zero-order valence-electron chi connectivity index (χ0n) is 14.6. The molecule has 0 bridgehead atoms. The average molecular weight is 342 g/mol. The van der Waals surface area contributed by atoms with E-state index in [1.807, 2.05) is 23.1 Å².